The van der Waals surface area contributed by atoms with Crippen molar-refractivity contribution in [3.63, 3.8) is 0 Å². The predicted octanol–water partition coefficient (Wildman–Crippen LogP) is 2.23. The summed E-state index contributed by atoms with van der Waals surface area (Å²) in [7, 11) is 0. The van der Waals surface area contributed by atoms with Crippen LogP contribution in [0.1, 0.15) is 5.56 Å². The summed E-state index contributed by atoms with van der Waals surface area (Å²) in [5.74, 6) is 0.105. The van der Waals surface area contributed by atoms with Gasteiger partial charge in [0.2, 0.25) is 0 Å². The van der Waals surface area contributed by atoms with Crippen LogP contribution in [0, 0.1) is 5.41 Å². The summed E-state index contributed by atoms with van der Waals surface area (Å²) >= 11 is 0. The van der Waals surface area contributed by atoms with Crippen molar-refractivity contribution in [3.05, 3.63) is 41.8 Å². The molecular weight excluding hydrogens is 341 g/mol. The molecule has 0 bridgehead atoms. The zero-order chi connectivity index (χ0) is 18.3. The van der Waals surface area contributed by atoms with Gasteiger partial charge in [-0.15, -0.1) is 0 Å². The van der Waals surface area contributed by atoms with Crippen LogP contribution in [-0.4, -0.2) is 51.0 Å². The molecule has 0 aromatic heterocycles. The molecule has 138 valence electrons. The first kappa shape index (κ1) is 19.1. The number of hydrogen-bond acceptors (Lipinski definition) is 6. The molecule has 1 unspecified atom stereocenters. The average molecular weight is 360 g/mol. The van der Waals surface area contributed by atoms with Crippen molar-refractivity contribution in [2.24, 2.45) is 5.73 Å². The molecule has 1 aromatic rings. The second-order valence-electron chi connectivity index (χ2n) is 5.27. The Hall–Kier alpha value is -2.26. The lowest BCUT2D eigenvalue weighted by molar-refractivity contribution is -0.153. The van der Waals surface area contributed by atoms with Crippen molar-refractivity contribution in [1.29, 1.82) is 5.41 Å². The predicted molar refractivity (Wildman–Crippen MR) is 83.6 cm³/mol. The lowest BCUT2D eigenvalue weighted by atomic mass is 10.1. The highest BCUT2D eigenvalue weighted by molar-refractivity contribution is 6.06. The van der Waals surface area contributed by atoms with Crippen LogP contribution in [0.25, 0.3) is 0 Å². The number of hydrogen-bond donors (Lipinski definition) is 2. The minimum atomic E-state index is -4.40. The number of allylic oxidation sites excluding steroid dienone is 1. The molecule has 1 aliphatic rings. The van der Waals surface area contributed by atoms with E-state index >= 15 is 0 Å². The summed E-state index contributed by atoms with van der Waals surface area (Å²) in [6.45, 7) is 0.312. The quantitative estimate of drug-likeness (QED) is 0.575. The van der Waals surface area contributed by atoms with E-state index in [2.05, 4.69) is 4.74 Å². The standard InChI is InChI=1S/C16H19F3N2O4/c17-16(18,19)10-25-12-3-1-11(2-4-12)14(20)7-15(21)24-9-13-8-22-5-6-23-13/h1-4,7,13,20H,5-6,8-10,21H2. The summed E-state index contributed by atoms with van der Waals surface area (Å²) in [4.78, 5) is 0. The van der Waals surface area contributed by atoms with Gasteiger partial charge in [-0.1, -0.05) is 0 Å². The minimum Gasteiger partial charge on any atom is -0.484 e. The molecule has 1 aromatic carbocycles. The van der Waals surface area contributed by atoms with Gasteiger partial charge in [-0.05, 0) is 29.8 Å². The molecule has 1 atom stereocenters. The number of rotatable bonds is 7. The molecule has 0 amide bonds. The first-order chi connectivity index (χ1) is 11.8. The number of ether oxygens (including phenoxy) is 4. The van der Waals surface area contributed by atoms with Crippen molar-refractivity contribution < 1.29 is 32.1 Å². The number of nitrogens with one attached hydrogen (secondary N) is 1. The molecule has 0 aliphatic carbocycles. The Morgan fingerprint density at radius 1 is 1.28 bits per heavy atom. The summed E-state index contributed by atoms with van der Waals surface area (Å²) in [6, 6.07) is 5.65. The van der Waals surface area contributed by atoms with Crippen LogP contribution in [0.3, 0.4) is 0 Å². The smallest absolute Gasteiger partial charge is 0.422 e. The van der Waals surface area contributed by atoms with Gasteiger partial charge in [-0.25, -0.2) is 0 Å². The average Bonchev–Trinajstić information content (AvgIpc) is 2.59. The maximum atomic E-state index is 12.1. The highest BCUT2D eigenvalue weighted by atomic mass is 19.4. The van der Waals surface area contributed by atoms with Gasteiger partial charge in [0.25, 0.3) is 0 Å². The molecule has 9 heteroatoms. The minimum absolute atomic E-state index is 0.0385. The summed E-state index contributed by atoms with van der Waals surface area (Å²) < 4.78 is 56.8. The van der Waals surface area contributed by atoms with E-state index in [-0.39, 0.29) is 30.1 Å². The third-order valence-corrected chi connectivity index (χ3v) is 3.18. The van der Waals surface area contributed by atoms with Crippen LogP contribution in [-0.2, 0) is 14.2 Å². The first-order valence-electron chi connectivity index (χ1n) is 7.51. The van der Waals surface area contributed by atoms with E-state index in [0.29, 0.717) is 25.4 Å². The van der Waals surface area contributed by atoms with E-state index in [1.165, 1.54) is 30.3 Å². The molecule has 0 radical (unpaired) electrons. The highest BCUT2D eigenvalue weighted by Gasteiger charge is 2.28. The summed E-state index contributed by atoms with van der Waals surface area (Å²) in [5, 5.41) is 7.94. The maximum absolute atomic E-state index is 12.1. The van der Waals surface area contributed by atoms with Crippen molar-refractivity contribution in [2.75, 3.05) is 33.0 Å². The summed E-state index contributed by atoms with van der Waals surface area (Å²) in [6.07, 6.45) is -3.29. The van der Waals surface area contributed by atoms with E-state index in [4.69, 9.17) is 25.4 Å². The highest BCUT2D eigenvalue weighted by Crippen LogP contribution is 2.19. The zero-order valence-corrected chi connectivity index (χ0v) is 13.3. The fraction of sp³-hybridized carbons (Fsp3) is 0.438. The van der Waals surface area contributed by atoms with Gasteiger partial charge in [0.05, 0.1) is 25.5 Å². The van der Waals surface area contributed by atoms with E-state index in [9.17, 15) is 13.2 Å². The third-order valence-electron chi connectivity index (χ3n) is 3.18. The van der Waals surface area contributed by atoms with Crippen LogP contribution >= 0.6 is 0 Å². The van der Waals surface area contributed by atoms with Gasteiger partial charge in [0.1, 0.15) is 18.5 Å². The van der Waals surface area contributed by atoms with Crippen molar-refractivity contribution in [2.45, 2.75) is 12.3 Å². The van der Waals surface area contributed by atoms with Crippen molar-refractivity contribution >= 4 is 5.71 Å². The Kier molecular flexibility index (Phi) is 6.65. The SMILES string of the molecule is N=C(C=C(N)OCC1COCCO1)c1ccc(OCC(F)(F)F)cc1. The van der Waals surface area contributed by atoms with Gasteiger partial charge < -0.3 is 30.1 Å². The fourth-order valence-corrected chi connectivity index (χ4v) is 1.99. The molecule has 1 aliphatic heterocycles. The third kappa shape index (κ3) is 7.02. The second-order valence-corrected chi connectivity index (χ2v) is 5.27. The number of halogens is 3. The van der Waals surface area contributed by atoms with Crippen LogP contribution < -0.4 is 10.5 Å². The Balaban J connectivity index is 1.84. The molecule has 0 spiro atoms. The Morgan fingerprint density at radius 3 is 2.60 bits per heavy atom. The number of benzene rings is 1. The van der Waals surface area contributed by atoms with E-state index in [1.807, 2.05) is 0 Å². The first-order valence-corrected chi connectivity index (χ1v) is 7.51. The van der Waals surface area contributed by atoms with E-state index in [0.717, 1.165) is 0 Å². The van der Waals surface area contributed by atoms with Gasteiger partial charge in [-0.2, -0.15) is 13.2 Å². The van der Waals surface area contributed by atoms with Crippen LogP contribution in [0.5, 0.6) is 5.75 Å². The van der Waals surface area contributed by atoms with Gasteiger partial charge >= 0.3 is 6.18 Å². The lowest BCUT2D eigenvalue weighted by Crippen LogP contribution is -2.32. The molecule has 2 rings (SSSR count). The molecule has 1 heterocycles. The second kappa shape index (κ2) is 8.72. The zero-order valence-electron chi connectivity index (χ0n) is 13.3. The fourth-order valence-electron chi connectivity index (χ4n) is 1.99. The van der Waals surface area contributed by atoms with Crippen LogP contribution in [0.4, 0.5) is 13.2 Å². The van der Waals surface area contributed by atoms with E-state index in [1.54, 1.807) is 0 Å². The number of alkyl halides is 3. The van der Waals surface area contributed by atoms with E-state index < -0.39 is 12.8 Å². The Morgan fingerprint density at radius 2 is 2.00 bits per heavy atom. The van der Waals surface area contributed by atoms with Crippen LogP contribution in [0.15, 0.2) is 36.2 Å². The molecular formula is C16H19F3N2O4. The molecule has 6 nitrogen and oxygen atoms in total. The van der Waals surface area contributed by atoms with Crippen LogP contribution in [0.2, 0.25) is 0 Å². The largest absolute Gasteiger partial charge is 0.484 e. The molecule has 3 N–H and O–H groups in total. The monoisotopic (exact) mass is 360 g/mol. The normalized spacial score (nSPS) is 18.7. The molecule has 0 saturated carbocycles. The maximum Gasteiger partial charge on any atom is 0.422 e. The molecule has 1 saturated heterocycles. The summed E-state index contributed by atoms with van der Waals surface area (Å²) in [5.41, 5.74) is 6.22. The Bertz CT molecular complexity index is 596. The topological polar surface area (TPSA) is 86.8 Å². The van der Waals surface area contributed by atoms with Crippen molar-refractivity contribution in [1.82, 2.24) is 0 Å². The van der Waals surface area contributed by atoms with Gasteiger partial charge in [0, 0.05) is 6.08 Å². The Labute approximate surface area is 142 Å². The van der Waals surface area contributed by atoms with Gasteiger partial charge in [0.15, 0.2) is 12.5 Å². The lowest BCUT2D eigenvalue weighted by Gasteiger charge is -2.22. The van der Waals surface area contributed by atoms with Crippen molar-refractivity contribution in [3.8, 4) is 5.75 Å². The number of nitrogens with two attached hydrogens (primary N) is 1. The molecule has 25 heavy (non-hydrogen) atoms. The molecule has 1 fully saturated rings. The van der Waals surface area contributed by atoms with Gasteiger partial charge in [-0.3, -0.25) is 0 Å².